The smallest absolute Gasteiger partial charge is 0.151 e. The van der Waals surface area contributed by atoms with E-state index < -0.39 is 15.9 Å². The van der Waals surface area contributed by atoms with Crippen LogP contribution in [0, 0.1) is 0 Å². The minimum Gasteiger partial charge on any atom is -0.491 e. The predicted octanol–water partition coefficient (Wildman–Crippen LogP) is 2.36. The lowest BCUT2D eigenvalue weighted by atomic mass is 10.2. The van der Waals surface area contributed by atoms with Crippen LogP contribution in [0.15, 0.2) is 47.1 Å². The Bertz CT molecular complexity index is 791. The molecule has 1 saturated heterocycles. The van der Waals surface area contributed by atoms with Gasteiger partial charge in [0.2, 0.25) is 0 Å². The summed E-state index contributed by atoms with van der Waals surface area (Å²) in [6.07, 6.45) is 1.39. The summed E-state index contributed by atoms with van der Waals surface area (Å²) >= 11 is 5.84. The van der Waals surface area contributed by atoms with Gasteiger partial charge in [-0.2, -0.15) is 0 Å². The van der Waals surface area contributed by atoms with E-state index in [-0.39, 0.29) is 24.2 Å². The van der Waals surface area contributed by atoms with Crippen LogP contribution >= 0.6 is 11.6 Å². The molecule has 0 radical (unpaired) electrons. The van der Waals surface area contributed by atoms with Crippen molar-refractivity contribution in [1.29, 1.82) is 0 Å². The van der Waals surface area contributed by atoms with Crippen molar-refractivity contribution in [1.82, 2.24) is 4.90 Å². The molecule has 1 N–H and O–H groups in total. The van der Waals surface area contributed by atoms with Gasteiger partial charge in [0, 0.05) is 17.6 Å². The second-order valence-electron chi connectivity index (χ2n) is 6.48. The number of furan rings is 1. The first-order valence-corrected chi connectivity index (χ1v) is 10.6. The van der Waals surface area contributed by atoms with Gasteiger partial charge in [-0.25, -0.2) is 8.42 Å². The highest BCUT2D eigenvalue weighted by Gasteiger charge is 2.33. The number of ether oxygens (including phenoxy) is 1. The van der Waals surface area contributed by atoms with Gasteiger partial charge in [-0.05, 0) is 42.8 Å². The molecule has 2 heterocycles. The molecule has 0 amide bonds. The molecule has 2 atom stereocenters. The minimum atomic E-state index is -3.01. The summed E-state index contributed by atoms with van der Waals surface area (Å²) in [5.41, 5.74) is 0. The monoisotopic (exact) mass is 399 g/mol. The van der Waals surface area contributed by atoms with Crippen LogP contribution in [0.5, 0.6) is 5.75 Å². The van der Waals surface area contributed by atoms with Crippen molar-refractivity contribution in [3.8, 4) is 5.75 Å². The van der Waals surface area contributed by atoms with Crippen LogP contribution in [0.4, 0.5) is 0 Å². The number of hydrogen-bond acceptors (Lipinski definition) is 6. The lowest BCUT2D eigenvalue weighted by Gasteiger charge is -2.29. The maximum Gasteiger partial charge on any atom is 0.151 e. The fourth-order valence-corrected chi connectivity index (χ4v) is 4.94. The molecule has 1 aliphatic rings. The summed E-state index contributed by atoms with van der Waals surface area (Å²) < 4.78 is 34.6. The molecule has 142 valence electrons. The Morgan fingerprint density at radius 2 is 2.08 bits per heavy atom. The fourth-order valence-electron chi connectivity index (χ4n) is 3.06. The molecule has 0 unspecified atom stereocenters. The topological polar surface area (TPSA) is 80.0 Å². The molecule has 3 rings (SSSR count). The summed E-state index contributed by atoms with van der Waals surface area (Å²) in [4.78, 5) is 1.96. The van der Waals surface area contributed by atoms with Gasteiger partial charge in [-0.15, -0.1) is 0 Å². The van der Waals surface area contributed by atoms with Crippen molar-refractivity contribution in [2.45, 2.75) is 25.1 Å². The number of benzene rings is 1. The van der Waals surface area contributed by atoms with E-state index in [0.717, 1.165) is 5.76 Å². The number of nitrogens with zero attached hydrogens (tertiary/aromatic N) is 1. The van der Waals surface area contributed by atoms with Gasteiger partial charge in [0.15, 0.2) is 9.84 Å². The number of rotatable bonds is 8. The standard InChI is InChI=1S/C18H22ClNO5S/c19-14-3-5-17(6-4-14)25-12-16(21)10-20(11-18-2-1-8-24-18)15-7-9-26(22,23)13-15/h1-6,8,15-16,21H,7,9-13H2/t15-,16-/m0/s1. The Hall–Kier alpha value is -1.54. The van der Waals surface area contributed by atoms with Crippen molar-refractivity contribution in [3.63, 3.8) is 0 Å². The van der Waals surface area contributed by atoms with E-state index in [1.54, 1.807) is 36.6 Å². The molecular weight excluding hydrogens is 378 g/mol. The highest BCUT2D eigenvalue weighted by molar-refractivity contribution is 7.91. The molecule has 0 bridgehead atoms. The van der Waals surface area contributed by atoms with Gasteiger partial charge in [-0.1, -0.05) is 11.6 Å². The number of aliphatic hydroxyl groups excluding tert-OH is 1. The number of halogens is 1. The molecule has 2 aromatic rings. The van der Waals surface area contributed by atoms with Gasteiger partial charge in [-0.3, -0.25) is 4.90 Å². The Balaban J connectivity index is 1.59. The maximum absolute atomic E-state index is 11.8. The molecule has 8 heteroatoms. The molecule has 1 aliphatic heterocycles. The Kier molecular flexibility index (Phi) is 6.24. The van der Waals surface area contributed by atoms with E-state index in [0.29, 0.717) is 30.3 Å². The summed E-state index contributed by atoms with van der Waals surface area (Å²) in [5.74, 6) is 1.65. The first kappa shape index (κ1) is 19.2. The molecule has 0 aliphatic carbocycles. The highest BCUT2D eigenvalue weighted by atomic mass is 35.5. The van der Waals surface area contributed by atoms with Crippen molar-refractivity contribution < 1.29 is 22.7 Å². The van der Waals surface area contributed by atoms with Crippen LogP contribution < -0.4 is 4.74 Å². The second kappa shape index (κ2) is 8.43. The highest BCUT2D eigenvalue weighted by Crippen LogP contribution is 2.21. The molecule has 1 aromatic carbocycles. The van der Waals surface area contributed by atoms with E-state index in [1.807, 2.05) is 11.0 Å². The molecule has 1 aromatic heterocycles. The molecular formula is C18H22ClNO5S. The van der Waals surface area contributed by atoms with Crippen molar-refractivity contribution in [2.75, 3.05) is 24.7 Å². The largest absolute Gasteiger partial charge is 0.491 e. The first-order valence-electron chi connectivity index (χ1n) is 8.44. The Morgan fingerprint density at radius 1 is 1.31 bits per heavy atom. The first-order chi connectivity index (χ1) is 12.4. The second-order valence-corrected chi connectivity index (χ2v) is 9.15. The fraction of sp³-hybridized carbons (Fsp3) is 0.444. The zero-order chi connectivity index (χ0) is 18.6. The van der Waals surface area contributed by atoms with E-state index in [9.17, 15) is 13.5 Å². The van der Waals surface area contributed by atoms with Crippen LogP contribution in [0.1, 0.15) is 12.2 Å². The van der Waals surface area contributed by atoms with Gasteiger partial charge in [0.1, 0.15) is 24.2 Å². The number of aliphatic hydroxyl groups is 1. The van der Waals surface area contributed by atoms with Gasteiger partial charge < -0.3 is 14.3 Å². The van der Waals surface area contributed by atoms with Crippen LogP contribution in [0.2, 0.25) is 5.02 Å². The molecule has 0 spiro atoms. The third-order valence-corrected chi connectivity index (χ3v) is 6.37. The van der Waals surface area contributed by atoms with Gasteiger partial charge >= 0.3 is 0 Å². The summed E-state index contributed by atoms with van der Waals surface area (Å²) in [6.45, 7) is 0.857. The quantitative estimate of drug-likeness (QED) is 0.734. The lowest BCUT2D eigenvalue weighted by Crippen LogP contribution is -2.42. The summed E-state index contributed by atoms with van der Waals surface area (Å²) in [6, 6.07) is 10.4. The molecule has 1 fully saturated rings. The maximum atomic E-state index is 11.8. The lowest BCUT2D eigenvalue weighted by molar-refractivity contribution is 0.0497. The van der Waals surface area contributed by atoms with Crippen LogP contribution in [0.25, 0.3) is 0 Å². The predicted molar refractivity (Wildman–Crippen MR) is 99.1 cm³/mol. The van der Waals surface area contributed by atoms with Crippen molar-refractivity contribution in [3.05, 3.63) is 53.4 Å². The number of hydrogen-bond donors (Lipinski definition) is 1. The van der Waals surface area contributed by atoms with Crippen LogP contribution in [0.3, 0.4) is 0 Å². The average molecular weight is 400 g/mol. The molecule has 6 nitrogen and oxygen atoms in total. The van der Waals surface area contributed by atoms with Crippen LogP contribution in [-0.4, -0.2) is 55.2 Å². The van der Waals surface area contributed by atoms with E-state index in [4.69, 9.17) is 20.8 Å². The zero-order valence-electron chi connectivity index (χ0n) is 14.3. The molecule has 0 saturated carbocycles. The summed E-state index contributed by atoms with van der Waals surface area (Å²) in [5, 5.41) is 11.0. The van der Waals surface area contributed by atoms with Gasteiger partial charge in [0.25, 0.3) is 0 Å². The SMILES string of the molecule is O=S1(=O)CC[C@H](N(Cc2ccco2)C[C@H](O)COc2ccc(Cl)cc2)C1. The average Bonchev–Trinajstić information content (AvgIpc) is 3.23. The van der Waals surface area contributed by atoms with Crippen LogP contribution in [-0.2, 0) is 16.4 Å². The minimum absolute atomic E-state index is 0.107. The normalized spacial score (nSPS) is 20.3. The number of sulfone groups is 1. The molecule has 26 heavy (non-hydrogen) atoms. The Labute approximate surface area is 158 Å². The van der Waals surface area contributed by atoms with E-state index >= 15 is 0 Å². The van der Waals surface area contributed by atoms with Gasteiger partial charge in [0.05, 0.1) is 24.3 Å². The van der Waals surface area contributed by atoms with Crippen molar-refractivity contribution in [2.24, 2.45) is 0 Å². The van der Waals surface area contributed by atoms with Crippen molar-refractivity contribution >= 4 is 21.4 Å². The zero-order valence-corrected chi connectivity index (χ0v) is 15.8. The Morgan fingerprint density at radius 3 is 2.69 bits per heavy atom. The van der Waals surface area contributed by atoms with E-state index in [2.05, 4.69) is 0 Å². The third kappa shape index (κ3) is 5.48. The van der Waals surface area contributed by atoms with E-state index in [1.165, 1.54) is 0 Å². The third-order valence-electron chi connectivity index (χ3n) is 4.37. The summed E-state index contributed by atoms with van der Waals surface area (Å²) in [7, 11) is -3.01.